The molecule has 0 heterocycles. The Hall–Kier alpha value is -2.66. The van der Waals surface area contributed by atoms with Crippen molar-refractivity contribution in [3.8, 4) is 12.1 Å². The fourth-order valence-corrected chi connectivity index (χ4v) is 2.17. The van der Waals surface area contributed by atoms with Gasteiger partial charge < -0.3 is 5.32 Å². The van der Waals surface area contributed by atoms with Crippen molar-refractivity contribution in [2.45, 2.75) is 32.6 Å². The van der Waals surface area contributed by atoms with E-state index in [1.54, 1.807) is 24.3 Å². The fraction of sp³-hybridized carbons (Fsp3) is 0.375. The first-order valence-corrected chi connectivity index (χ1v) is 6.68. The van der Waals surface area contributed by atoms with Crippen molar-refractivity contribution in [2.75, 3.05) is 5.32 Å². The number of Topliss-reactive ketones (excluding diaryl/α,β-unsaturated/α-hetero) is 1. The van der Waals surface area contributed by atoms with E-state index in [2.05, 4.69) is 5.32 Å². The maximum absolute atomic E-state index is 12.5. The summed E-state index contributed by atoms with van der Waals surface area (Å²) in [5.41, 5.74) is -0.733. The van der Waals surface area contributed by atoms with Gasteiger partial charge in [0.05, 0.1) is 12.1 Å². The molecule has 0 unspecified atom stereocenters. The molecule has 1 rings (SSSR count). The van der Waals surface area contributed by atoms with Crippen LogP contribution in [-0.4, -0.2) is 11.7 Å². The zero-order valence-electron chi connectivity index (χ0n) is 11.9. The summed E-state index contributed by atoms with van der Waals surface area (Å²) in [6.45, 7) is 1.33. The number of para-hydroxylation sites is 1. The van der Waals surface area contributed by atoms with Crippen LogP contribution in [0.3, 0.4) is 0 Å². The highest BCUT2D eigenvalue weighted by molar-refractivity contribution is 6.10. The number of rotatable bonds is 7. The largest absolute Gasteiger partial charge is 0.325 e. The van der Waals surface area contributed by atoms with Gasteiger partial charge in [0.1, 0.15) is 11.2 Å². The fourth-order valence-electron chi connectivity index (χ4n) is 2.17. The highest BCUT2D eigenvalue weighted by Crippen LogP contribution is 2.32. The third-order valence-corrected chi connectivity index (χ3v) is 3.47. The van der Waals surface area contributed by atoms with Gasteiger partial charge in [0, 0.05) is 18.5 Å². The van der Waals surface area contributed by atoms with Crippen molar-refractivity contribution in [1.82, 2.24) is 0 Å². The van der Waals surface area contributed by atoms with Gasteiger partial charge in [-0.2, -0.15) is 10.5 Å². The Morgan fingerprint density at radius 2 is 1.62 bits per heavy atom. The van der Waals surface area contributed by atoms with E-state index in [-0.39, 0.29) is 31.5 Å². The lowest BCUT2D eigenvalue weighted by Crippen LogP contribution is -2.42. The number of nitriles is 2. The van der Waals surface area contributed by atoms with Gasteiger partial charge in [-0.3, -0.25) is 9.59 Å². The average molecular weight is 283 g/mol. The maximum Gasteiger partial charge on any atom is 0.238 e. The number of amides is 1. The minimum Gasteiger partial charge on any atom is -0.325 e. The quantitative estimate of drug-likeness (QED) is 0.778. The van der Waals surface area contributed by atoms with Gasteiger partial charge in [-0.15, -0.1) is 0 Å². The molecule has 1 aromatic rings. The number of ketones is 1. The van der Waals surface area contributed by atoms with Crippen LogP contribution in [0.2, 0.25) is 0 Å². The minimum absolute atomic E-state index is 0.0905. The van der Waals surface area contributed by atoms with Crippen molar-refractivity contribution in [1.29, 1.82) is 10.5 Å². The maximum atomic E-state index is 12.5. The van der Waals surface area contributed by atoms with Crippen LogP contribution in [0.25, 0.3) is 0 Å². The number of carbonyl (C=O) groups is 2. The number of hydrogen-bond donors (Lipinski definition) is 1. The number of anilines is 1. The molecular formula is C16H17N3O2. The van der Waals surface area contributed by atoms with Crippen LogP contribution >= 0.6 is 0 Å². The first-order valence-electron chi connectivity index (χ1n) is 6.68. The van der Waals surface area contributed by atoms with E-state index in [0.29, 0.717) is 5.69 Å². The molecule has 0 aliphatic heterocycles. The third-order valence-electron chi connectivity index (χ3n) is 3.47. The van der Waals surface area contributed by atoms with Crippen LogP contribution in [0.15, 0.2) is 30.3 Å². The predicted molar refractivity (Wildman–Crippen MR) is 77.9 cm³/mol. The van der Waals surface area contributed by atoms with Gasteiger partial charge in [0.15, 0.2) is 0 Å². The van der Waals surface area contributed by atoms with Gasteiger partial charge in [0.2, 0.25) is 5.91 Å². The number of nitrogens with one attached hydrogen (secondary N) is 1. The number of hydrogen-bond acceptors (Lipinski definition) is 4. The summed E-state index contributed by atoms with van der Waals surface area (Å²) < 4.78 is 0. The Balaban J connectivity index is 3.03. The molecule has 0 bridgehead atoms. The number of benzene rings is 1. The van der Waals surface area contributed by atoms with Crippen LogP contribution in [0.4, 0.5) is 5.69 Å². The lowest BCUT2D eigenvalue weighted by molar-refractivity contribution is -0.138. The van der Waals surface area contributed by atoms with Crippen LogP contribution < -0.4 is 5.32 Å². The summed E-state index contributed by atoms with van der Waals surface area (Å²) in [6.07, 6.45) is 0.429. The summed E-state index contributed by atoms with van der Waals surface area (Å²) in [6, 6.07) is 12.7. The minimum atomic E-state index is -1.32. The SMILES string of the molecule is CC(=O)C(CCC#N)(CCC#N)C(=O)Nc1ccccc1. The van der Waals surface area contributed by atoms with E-state index < -0.39 is 11.3 Å². The van der Waals surface area contributed by atoms with Crippen LogP contribution in [0.5, 0.6) is 0 Å². The Bertz CT molecular complexity index is 564. The van der Waals surface area contributed by atoms with E-state index in [1.165, 1.54) is 6.92 Å². The Morgan fingerprint density at radius 1 is 1.10 bits per heavy atom. The number of carbonyl (C=O) groups excluding carboxylic acids is 2. The zero-order valence-corrected chi connectivity index (χ0v) is 11.9. The molecule has 1 amide bonds. The van der Waals surface area contributed by atoms with E-state index >= 15 is 0 Å². The molecule has 1 N–H and O–H groups in total. The lowest BCUT2D eigenvalue weighted by atomic mass is 9.75. The topological polar surface area (TPSA) is 93.8 Å². The predicted octanol–water partition coefficient (Wildman–Crippen LogP) is 2.81. The molecule has 0 aliphatic carbocycles. The normalized spacial score (nSPS) is 10.2. The van der Waals surface area contributed by atoms with Crippen molar-refractivity contribution in [2.24, 2.45) is 5.41 Å². The van der Waals surface area contributed by atoms with Gasteiger partial charge in [-0.25, -0.2) is 0 Å². The average Bonchev–Trinajstić information content (AvgIpc) is 2.48. The highest BCUT2D eigenvalue weighted by atomic mass is 16.2. The second-order valence-electron chi connectivity index (χ2n) is 4.77. The molecule has 0 aliphatic rings. The molecule has 1 aromatic carbocycles. The Kier molecular flexibility index (Phi) is 6.10. The molecule has 108 valence electrons. The first-order chi connectivity index (χ1) is 10.1. The van der Waals surface area contributed by atoms with E-state index in [4.69, 9.17) is 10.5 Å². The van der Waals surface area contributed by atoms with Gasteiger partial charge in [-0.05, 0) is 31.9 Å². The van der Waals surface area contributed by atoms with E-state index in [0.717, 1.165) is 0 Å². The van der Waals surface area contributed by atoms with Crippen LogP contribution in [0.1, 0.15) is 32.6 Å². The van der Waals surface area contributed by atoms with Crippen LogP contribution in [0, 0.1) is 28.1 Å². The highest BCUT2D eigenvalue weighted by Gasteiger charge is 2.42. The monoisotopic (exact) mass is 283 g/mol. The molecule has 0 radical (unpaired) electrons. The summed E-state index contributed by atoms with van der Waals surface area (Å²) in [7, 11) is 0. The van der Waals surface area contributed by atoms with Crippen molar-refractivity contribution >= 4 is 17.4 Å². The summed E-state index contributed by atoms with van der Waals surface area (Å²) >= 11 is 0. The van der Waals surface area contributed by atoms with Crippen molar-refractivity contribution < 1.29 is 9.59 Å². The second-order valence-corrected chi connectivity index (χ2v) is 4.77. The van der Waals surface area contributed by atoms with Crippen molar-refractivity contribution in [3.05, 3.63) is 30.3 Å². The summed E-state index contributed by atoms with van der Waals surface area (Å²) in [4.78, 5) is 24.6. The van der Waals surface area contributed by atoms with E-state index in [9.17, 15) is 9.59 Å². The smallest absolute Gasteiger partial charge is 0.238 e. The molecule has 5 heteroatoms. The molecule has 21 heavy (non-hydrogen) atoms. The zero-order chi connectivity index (χ0) is 15.7. The van der Waals surface area contributed by atoms with Crippen molar-refractivity contribution in [3.63, 3.8) is 0 Å². The van der Waals surface area contributed by atoms with Gasteiger partial charge in [0.25, 0.3) is 0 Å². The standard InChI is InChI=1S/C16H17N3O2/c1-13(20)16(9-5-11-17,10-6-12-18)15(21)19-14-7-3-2-4-8-14/h2-4,7-8H,5-6,9-10H2,1H3,(H,19,21). The van der Waals surface area contributed by atoms with E-state index in [1.807, 2.05) is 18.2 Å². The third kappa shape index (κ3) is 4.15. The summed E-state index contributed by atoms with van der Waals surface area (Å²) in [5, 5.41) is 20.2. The lowest BCUT2D eigenvalue weighted by Gasteiger charge is -2.28. The second kappa shape index (κ2) is 7.81. The van der Waals surface area contributed by atoms with Gasteiger partial charge in [-0.1, -0.05) is 18.2 Å². The van der Waals surface area contributed by atoms with Gasteiger partial charge >= 0.3 is 0 Å². The molecule has 0 atom stereocenters. The molecule has 0 saturated heterocycles. The number of nitrogens with zero attached hydrogens (tertiary/aromatic N) is 2. The molecule has 0 spiro atoms. The summed E-state index contributed by atoms with van der Waals surface area (Å²) in [5.74, 6) is -0.770. The first kappa shape index (κ1) is 16.4. The molecule has 0 fully saturated rings. The molecule has 0 saturated carbocycles. The molecular weight excluding hydrogens is 266 g/mol. The molecule has 5 nitrogen and oxygen atoms in total. The van der Waals surface area contributed by atoms with Crippen LogP contribution in [-0.2, 0) is 9.59 Å². The molecule has 0 aromatic heterocycles. The Morgan fingerprint density at radius 3 is 2.05 bits per heavy atom. The Labute approximate surface area is 124 Å².